The third-order valence-electron chi connectivity index (χ3n) is 4.65. The van der Waals surface area contributed by atoms with E-state index < -0.39 is 10.0 Å². The van der Waals surface area contributed by atoms with Crippen LogP contribution in [0.1, 0.15) is 27.9 Å². The molecule has 0 spiro atoms. The van der Waals surface area contributed by atoms with Crippen molar-refractivity contribution in [3.05, 3.63) is 65.2 Å². The lowest BCUT2D eigenvalue weighted by Crippen LogP contribution is -2.35. The van der Waals surface area contributed by atoms with E-state index in [0.29, 0.717) is 38.2 Å². The van der Waals surface area contributed by atoms with E-state index >= 15 is 0 Å². The van der Waals surface area contributed by atoms with Crippen LogP contribution in [0.15, 0.2) is 53.4 Å². The Bertz CT molecular complexity index is 894. The van der Waals surface area contributed by atoms with Gasteiger partial charge in [-0.3, -0.25) is 4.79 Å². The van der Waals surface area contributed by atoms with Gasteiger partial charge in [0.2, 0.25) is 10.0 Å². The van der Waals surface area contributed by atoms with Gasteiger partial charge in [-0.2, -0.15) is 0 Å². The Balaban J connectivity index is 1.66. The van der Waals surface area contributed by atoms with Crippen molar-refractivity contribution in [2.75, 3.05) is 26.8 Å². The molecule has 2 aromatic rings. The van der Waals surface area contributed by atoms with Crippen molar-refractivity contribution in [3.8, 4) is 0 Å². The van der Waals surface area contributed by atoms with Crippen LogP contribution in [-0.2, 0) is 27.7 Å². The standard InChI is InChI=1S/C20H24N2O4S/c1-26-14-4-12-21-27(24,25)19-9-7-17(8-10-19)20(23)22-13-11-16-5-2-3-6-18(16)15-22/h2-3,5-10,21H,4,11-15H2,1H3. The van der Waals surface area contributed by atoms with E-state index in [0.717, 1.165) is 12.0 Å². The van der Waals surface area contributed by atoms with E-state index in [1.54, 1.807) is 24.1 Å². The van der Waals surface area contributed by atoms with Crippen molar-refractivity contribution in [1.82, 2.24) is 9.62 Å². The van der Waals surface area contributed by atoms with E-state index in [2.05, 4.69) is 10.8 Å². The lowest BCUT2D eigenvalue weighted by atomic mass is 9.99. The zero-order chi connectivity index (χ0) is 19.3. The van der Waals surface area contributed by atoms with Crippen LogP contribution < -0.4 is 4.72 Å². The summed E-state index contributed by atoms with van der Waals surface area (Å²) in [5.74, 6) is -0.0819. The lowest BCUT2D eigenvalue weighted by molar-refractivity contribution is 0.0734. The lowest BCUT2D eigenvalue weighted by Gasteiger charge is -2.29. The Morgan fingerprint density at radius 2 is 1.81 bits per heavy atom. The van der Waals surface area contributed by atoms with Crippen LogP contribution in [0.25, 0.3) is 0 Å². The molecule has 1 N–H and O–H groups in total. The van der Waals surface area contributed by atoms with E-state index in [-0.39, 0.29) is 10.8 Å². The molecule has 27 heavy (non-hydrogen) atoms. The predicted octanol–water partition coefficient (Wildman–Crippen LogP) is 2.20. The molecular weight excluding hydrogens is 364 g/mol. The summed E-state index contributed by atoms with van der Waals surface area (Å²) in [6, 6.07) is 14.2. The van der Waals surface area contributed by atoms with Crippen LogP contribution in [0.3, 0.4) is 0 Å². The SMILES string of the molecule is COCCCNS(=O)(=O)c1ccc(C(=O)N2CCc3ccccc3C2)cc1. The Morgan fingerprint density at radius 3 is 2.52 bits per heavy atom. The van der Waals surface area contributed by atoms with Gasteiger partial charge in [-0.15, -0.1) is 0 Å². The number of fused-ring (bicyclic) bond motifs is 1. The second kappa shape index (κ2) is 8.65. The zero-order valence-corrected chi connectivity index (χ0v) is 16.2. The van der Waals surface area contributed by atoms with Gasteiger partial charge in [-0.1, -0.05) is 24.3 Å². The van der Waals surface area contributed by atoms with Gasteiger partial charge in [0.05, 0.1) is 4.90 Å². The van der Waals surface area contributed by atoms with Crippen molar-refractivity contribution in [3.63, 3.8) is 0 Å². The first-order valence-corrected chi connectivity index (χ1v) is 10.4. The maximum atomic E-state index is 12.8. The van der Waals surface area contributed by atoms with Gasteiger partial charge in [0.15, 0.2) is 0 Å². The number of nitrogens with one attached hydrogen (secondary N) is 1. The zero-order valence-electron chi connectivity index (χ0n) is 15.3. The molecule has 0 atom stereocenters. The second-order valence-corrected chi connectivity index (χ2v) is 8.28. The number of hydrogen-bond donors (Lipinski definition) is 1. The van der Waals surface area contributed by atoms with Gasteiger partial charge < -0.3 is 9.64 Å². The predicted molar refractivity (Wildman–Crippen MR) is 103 cm³/mol. The number of sulfonamides is 1. The van der Waals surface area contributed by atoms with Crippen molar-refractivity contribution < 1.29 is 17.9 Å². The van der Waals surface area contributed by atoms with Gasteiger partial charge in [-0.25, -0.2) is 13.1 Å². The quantitative estimate of drug-likeness (QED) is 0.738. The number of methoxy groups -OCH3 is 1. The number of nitrogens with zero attached hydrogens (tertiary/aromatic N) is 1. The van der Waals surface area contributed by atoms with Gasteiger partial charge in [0.1, 0.15) is 0 Å². The molecule has 1 aliphatic rings. The molecule has 0 radical (unpaired) electrons. The summed E-state index contributed by atoms with van der Waals surface area (Å²) in [7, 11) is -2.00. The topological polar surface area (TPSA) is 75.7 Å². The fourth-order valence-electron chi connectivity index (χ4n) is 3.13. The summed E-state index contributed by atoms with van der Waals surface area (Å²) in [5, 5.41) is 0. The van der Waals surface area contributed by atoms with E-state index in [1.165, 1.54) is 17.7 Å². The van der Waals surface area contributed by atoms with E-state index in [9.17, 15) is 13.2 Å². The first-order valence-electron chi connectivity index (χ1n) is 8.96. The molecular formula is C20H24N2O4S. The molecule has 0 bridgehead atoms. The third-order valence-corrected chi connectivity index (χ3v) is 6.12. The Morgan fingerprint density at radius 1 is 1.11 bits per heavy atom. The summed E-state index contributed by atoms with van der Waals surface area (Å²) in [4.78, 5) is 14.7. The molecule has 1 amide bonds. The molecule has 1 aliphatic heterocycles. The second-order valence-electron chi connectivity index (χ2n) is 6.51. The highest BCUT2D eigenvalue weighted by molar-refractivity contribution is 7.89. The number of hydrogen-bond acceptors (Lipinski definition) is 4. The van der Waals surface area contributed by atoms with E-state index in [1.807, 2.05) is 18.2 Å². The Kier molecular flexibility index (Phi) is 6.26. The minimum absolute atomic E-state index is 0.0819. The van der Waals surface area contributed by atoms with Gasteiger partial charge in [0, 0.05) is 38.9 Å². The average Bonchev–Trinajstić information content (AvgIpc) is 2.70. The molecule has 0 saturated carbocycles. The fourth-order valence-corrected chi connectivity index (χ4v) is 4.21. The normalized spacial score (nSPS) is 14.0. The van der Waals surface area contributed by atoms with Crippen LogP contribution in [0.5, 0.6) is 0 Å². The van der Waals surface area contributed by atoms with Gasteiger partial charge >= 0.3 is 0 Å². The molecule has 2 aromatic carbocycles. The number of ether oxygens (including phenoxy) is 1. The van der Waals surface area contributed by atoms with Gasteiger partial charge in [-0.05, 0) is 48.2 Å². The summed E-state index contributed by atoms with van der Waals surface area (Å²) in [6.45, 7) is 2.05. The van der Waals surface area contributed by atoms with Crippen molar-refractivity contribution >= 4 is 15.9 Å². The van der Waals surface area contributed by atoms with Crippen LogP contribution >= 0.6 is 0 Å². The molecule has 3 rings (SSSR count). The molecule has 0 aromatic heterocycles. The minimum Gasteiger partial charge on any atom is -0.385 e. The Labute approximate surface area is 160 Å². The van der Waals surface area contributed by atoms with Crippen molar-refractivity contribution in [2.45, 2.75) is 24.3 Å². The summed E-state index contributed by atoms with van der Waals surface area (Å²) < 4.78 is 32.0. The summed E-state index contributed by atoms with van der Waals surface area (Å²) >= 11 is 0. The summed E-state index contributed by atoms with van der Waals surface area (Å²) in [6.07, 6.45) is 1.43. The largest absolute Gasteiger partial charge is 0.385 e. The molecule has 144 valence electrons. The number of rotatable bonds is 7. The highest BCUT2D eigenvalue weighted by atomic mass is 32.2. The highest BCUT2D eigenvalue weighted by Gasteiger charge is 2.22. The monoisotopic (exact) mass is 388 g/mol. The smallest absolute Gasteiger partial charge is 0.254 e. The minimum atomic E-state index is -3.58. The number of benzene rings is 2. The van der Waals surface area contributed by atoms with Crippen LogP contribution in [0.4, 0.5) is 0 Å². The highest BCUT2D eigenvalue weighted by Crippen LogP contribution is 2.21. The van der Waals surface area contributed by atoms with Crippen LogP contribution in [0.2, 0.25) is 0 Å². The van der Waals surface area contributed by atoms with Crippen LogP contribution in [0, 0.1) is 0 Å². The molecule has 6 nitrogen and oxygen atoms in total. The molecule has 0 saturated heterocycles. The number of carbonyl (C=O) groups is 1. The van der Waals surface area contributed by atoms with Gasteiger partial charge in [0.25, 0.3) is 5.91 Å². The number of carbonyl (C=O) groups excluding carboxylic acids is 1. The van der Waals surface area contributed by atoms with Crippen molar-refractivity contribution in [1.29, 1.82) is 0 Å². The maximum absolute atomic E-state index is 12.8. The first kappa shape index (κ1) is 19.5. The van der Waals surface area contributed by atoms with Crippen molar-refractivity contribution in [2.24, 2.45) is 0 Å². The molecule has 1 heterocycles. The van der Waals surface area contributed by atoms with E-state index in [4.69, 9.17) is 4.74 Å². The molecule has 0 unspecified atom stereocenters. The third kappa shape index (κ3) is 4.74. The molecule has 0 aliphatic carbocycles. The average molecular weight is 388 g/mol. The summed E-state index contributed by atoms with van der Waals surface area (Å²) in [5.41, 5.74) is 2.94. The maximum Gasteiger partial charge on any atom is 0.254 e. The first-order chi connectivity index (χ1) is 13.0. The van der Waals surface area contributed by atoms with Crippen LogP contribution in [-0.4, -0.2) is 46.0 Å². The Hall–Kier alpha value is -2.22. The fraction of sp³-hybridized carbons (Fsp3) is 0.350. The number of amides is 1. The molecule has 0 fully saturated rings. The molecule has 7 heteroatoms.